The number of hydrogen-bond donors (Lipinski definition) is 2. The first-order valence-electron chi connectivity index (χ1n) is 8.77. The molecule has 0 heterocycles. The van der Waals surface area contributed by atoms with Crippen LogP contribution >= 0.6 is 12.6 Å². The van der Waals surface area contributed by atoms with E-state index in [9.17, 15) is 9.59 Å². The van der Waals surface area contributed by atoms with Crippen molar-refractivity contribution in [1.82, 2.24) is 0 Å². The molecule has 0 aromatic heterocycles. The molecule has 0 spiro atoms. The lowest BCUT2D eigenvalue weighted by Gasteiger charge is -2.23. The second-order valence-corrected chi connectivity index (χ2v) is 8.31. The summed E-state index contributed by atoms with van der Waals surface area (Å²) in [6.45, 7) is 8.66. The van der Waals surface area contributed by atoms with Crippen molar-refractivity contribution in [3.05, 3.63) is 54.1 Å². The van der Waals surface area contributed by atoms with Crippen LogP contribution in [-0.2, 0) is 15.0 Å². The molecule has 0 radical (unpaired) electrons. The summed E-state index contributed by atoms with van der Waals surface area (Å²) in [4.78, 5) is 23.2. The molecule has 5 nitrogen and oxygen atoms in total. The average molecular weight is 405 g/mol. The zero-order valence-corrected chi connectivity index (χ0v) is 18.0. The van der Waals surface area contributed by atoms with Crippen LogP contribution in [0.5, 0.6) is 11.5 Å². The van der Waals surface area contributed by atoms with Crippen LogP contribution < -0.4 is 9.47 Å². The van der Waals surface area contributed by atoms with Crippen molar-refractivity contribution in [2.45, 2.75) is 44.9 Å². The summed E-state index contributed by atoms with van der Waals surface area (Å²) in [7, 11) is 1.61. The summed E-state index contributed by atoms with van der Waals surface area (Å²) in [6, 6.07) is 14.4. The molecule has 0 aliphatic carbocycles. The van der Waals surface area contributed by atoms with Gasteiger partial charge in [0.25, 0.3) is 0 Å². The summed E-state index contributed by atoms with van der Waals surface area (Å²) in [6.07, 6.45) is 0. The molecule has 1 N–H and O–H groups in total. The van der Waals surface area contributed by atoms with Crippen LogP contribution in [0.4, 0.5) is 0 Å². The second-order valence-electron chi connectivity index (χ2n) is 7.79. The Labute approximate surface area is 172 Å². The number of carbonyl (C=O) groups is 2. The van der Waals surface area contributed by atoms with Gasteiger partial charge in [-0.3, -0.25) is 9.59 Å². The van der Waals surface area contributed by atoms with Gasteiger partial charge in [-0.15, -0.1) is 12.6 Å². The Morgan fingerprint density at radius 1 is 0.857 bits per heavy atom. The number of carboxylic acid groups (broad SMARTS) is 1. The predicted octanol–water partition coefficient (Wildman–Crippen LogP) is 4.98. The Bertz CT molecular complexity index is 787. The third kappa shape index (κ3) is 6.93. The Hall–Kier alpha value is -2.47. The number of benzene rings is 2. The van der Waals surface area contributed by atoms with Gasteiger partial charge in [-0.2, -0.15) is 0 Å². The van der Waals surface area contributed by atoms with Gasteiger partial charge in [0.05, 0.1) is 17.9 Å². The van der Waals surface area contributed by atoms with Gasteiger partial charge in [0, 0.05) is 4.90 Å². The number of carboxylic acids is 1. The fourth-order valence-electron chi connectivity index (χ4n) is 1.87. The van der Waals surface area contributed by atoms with Crippen LogP contribution in [0, 0.1) is 5.41 Å². The van der Waals surface area contributed by atoms with Crippen molar-refractivity contribution < 1.29 is 24.2 Å². The average Bonchev–Trinajstić information content (AvgIpc) is 2.63. The van der Waals surface area contributed by atoms with Crippen LogP contribution in [0.25, 0.3) is 0 Å². The summed E-state index contributed by atoms with van der Waals surface area (Å²) >= 11 is 4.20. The van der Waals surface area contributed by atoms with Crippen molar-refractivity contribution in [2.24, 2.45) is 5.41 Å². The van der Waals surface area contributed by atoms with E-state index in [4.69, 9.17) is 14.6 Å². The van der Waals surface area contributed by atoms with Gasteiger partial charge in [-0.05, 0) is 76.6 Å². The van der Waals surface area contributed by atoms with Crippen molar-refractivity contribution >= 4 is 24.6 Å². The maximum Gasteiger partial charge on any atom is 0.321 e. The summed E-state index contributed by atoms with van der Waals surface area (Å²) in [5.41, 5.74) is -0.453. The maximum absolute atomic E-state index is 12.4. The molecular weight excluding hydrogens is 376 g/mol. The number of methoxy groups -OCH3 is 1. The molecule has 0 bridgehead atoms. The fourth-order valence-corrected chi connectivity index (χ4v) is 2.02. The van der Waals surface area contributed by atoms with Crippen LogP contribution in [0.2, 0.25) is 0 Å². The van der Waals surface area contributed by atoms with E-state index in [0.717, 1.165) is 16.2 Å². The largest absolute Gasteiger partial charge is 0.497 e. The Kier molecular flexibility index (Phi) is 8.12. The number of rotatable bonds is 4. The van der Waals surface area contributed by atoms with Crippen molar-refractivity contribution in [2.75, 3.05) is 7.11 Å². The van der Waals surface area contributed by atoms with E-state index in [1.54, 1.807) is 52.1 Å². The van der Waals surface area contributed by atoms with Gasteiger partial charge in [-0.25, -0.2) is 0 Å². The van der Waals surface area contributed by atoms with E-state index in [2.05, 4.69) is 12.6 Å². The smallest absolute Gasteiger partial charge is 0.321 e. The van der Waals surface area contributed by atoms with Gasteiger partial charge in [0.15, 0.2) is 0 Å². The van der Waals surface area contributed by atoms with E-state index in [-0.39, 0.29) is 5.97 Å². The van der Waals surface area contributed by atoms with E-state index < -0.39 is 16.8 Å². The van der Waals surface area contributed by atoms with Crippen LogP contribution in [-0.4, -0.2) is 24.2 Å². The molecule has 2 aromatic carbocycles. The summed E-state index contributed by atoms with van der Waals surface area (Å²) < 4.78 is 10.6. The number of hydrogen-bond acceptors (Lipinski definition) is 5. The third-order valence-electron chi connectivity index (χ3n) is 4.01. The number of ether oxygens (including phenoxy) is 2. The second kappa shape index (κ2) is 9.64. The minimum absolute atomic E-state index is 0.306. The molecule has 28 heavy (non-hydrogen) atoms. The summed E-state index contributed by atoms with van der Waals surface area (Å²) in [5.74, 6) is 0.207. The zero-order valence-electron chi connectivity index (χ0n) is 17.1. The molecular formula is C22H28O5S. The van der Waals surface area contributed by atoms with Gasteiger partial charge in [0.1, 0.15) is 11.5 Å². The molecule has 0 saturated carbocycles. The molecule has 0 aliphatic heterocycles. The zero-order chi connectivity index (χ0) is 21.5. The molecule has 0 fully saturated rings. The highest BCUT2D eigenvalue weighted by Crippen LogP contribution is 2.28. The lowest BCUT2D eigenvalue weighted by molar-refractivity contribution is -0.145. The fraction of sp³-hybridized carbons (Fsp3) is 0.364. The van der Waals surface area contributed by atoms with Gasteiger partial charge < -0.3 is 14.6 Å². The van der Waals surface area contributed by atoms with Crippen LogP contribution in [0.3, 0.4) is 0 Å². The SMILES string of the molecule is CC(C)(C)C(=O)O.COc1ccc(C(C)(C)C(=O)Oc2ccc(S)cc2)cc1. The minimum atomic E-state index is -0.757. The first kappa shape index (κ1) is 23.6. The van der Waals surface area contributed by atoms with Gasteiger partial charge >= 0.3 is 11.9 Å². The normalized spacial score (nSPS) is 11.1. The quantitative estimate of drug-likeness (QED) is 0.427. The van der Waals surface area contributed by atoms with E-state index >= 15 is 0 Å². The Morgan fingerprint density at radius 3 is 1.68 bits per heavy atom. The molecule has 0 atom stereocenters. The molecule has 2 rings (SSSR count). The number of esters is 1. The van der Waals surface area contributed by atoms with Crippen LogP contribution in [0.1, 0.15) is 40.2 Å². The molecule has 0 unspecified atom stereocenters. The van der Waals surface area contributed by atoms with Crippen molar-refractivity contribution in [1.29, 1.82) is 0 Å². The topological polar surface area (TPSA) is 72.8 Å². The Morgan fingerprint density at radius 2 is 1.29 bits per heavy atom. The van der Waals surface area contributed by atoms with Gasteiger partial charge in [-0.1, -0.05) is 12.1 Å². The third-order valence-corrected chi connectivity index (χ3v) is 4.31. The highest BCUT2D eigenvalue weighted by atomic mass is 32.1. The Balaban J connectivity index is 0.000000480. The number of aliphatic carboxylic acids is 1. The predicted molar refractivity (Wildman–Crippen MR) is 112 cm³/mol. The molecule has 0 amide bonds. The van der Waals surface area contributed by atoms with E-state index in [1.165, 1.54) is 0 Å². The molecule has 152 valence electrons. The standard InChI is InChI=1S/C17H18O3S.C5H10O2/c1-17(2,12-4-6-13(19-3)7-5-12)16(18)20-14-8-10-15(21)11-9-14;1-5(2,3)4(6)7/h4-11,21H,1-3H3;1-3H3,(H,6,7). The molecule has 2 aromatic rings. The maximum atomic E-state index is 12.4. The lowest BCUT2D eigenvalue weighted by atomic mass is 9.85. The molecule has 0 aliphatic rings. The first-order valence-corrected chi connectivity index (χ1v) is 9.22. The van der Waals surface area contributed by atoms with Gasteiger partial charge in [0.2, 0.25) is 0 Å². The van der Waals surface area contributed by atoms with E-state index in [0.29, 0.717) is 5.75 Å². The number of carbonyl (C=O) groups excluding carboxylic acids is 1. The summed E-state index contributed by atoms with van der Waals surface area (Å²) in [5, 5.41) is 8.25. The minimum Gasteiger partial charge on any atom is -0.497 e. The number of thiol groups is 1. The van der Waals surface area contributed by atoms with E-state index in [1.807, 2.05) is 38.1 Å². The van der Waals surface area contributed by atoms with Crippen LogP contribution in [0.15, 0.2) is 53.4 Å². The monoisotopic (exact) mass is 404 g/mol. The first-order chi connectivity index (χ1) is 12.9. The van der Waals surface area contributed by atoms with Crippen molar-refractivity contribution in [3.63, 3.8) is 0 Å². The highest BCUT2D eigenvalue weighted by Gasteiger charge is 2.32. The lowest BCUT2D eigenvalue weighted by Crippen LogP contribution is -2.33. The molecule has 6 heteroatoms. The molecule has 0 saturated heterocycles. The highest BCUT2D eigenvalue weighted by molar-refractivity contribution is 7.80. The van der Waals surface area contributed by atoms with Crippen molar-refractivity contribution in [3.8, 4) is 11.5 Å².